The Morgan fingerprint density at radius 1 is 1.17 bits per heavy atom. The van der Waals surface area contributed by atoms with Gasteiger partial charge in [-0.2, -0.15) is 0 Å². The first-order valence-corrected chi connectivity index (χ1v) is 9.58. The minimum atomic E-state index is -0.158. The van der Waals surface area contributed by atoms with Crippen molar-refractivity contribution in [3.05, 3.63) is 81.9 Å². The summed E-state index contributed by atoms with van der Waals surface area (Å²) in [6, 6.07) is 11.1. The molecule has 0 saturated heterocycles. The number of rotatable bonds is 5. The van der Waals surface area contributed by atoms with Crippen molar-refractivity contribution in [3.63, 3.8) is 0 Å². The minimum Gasteiger partial charge on any atom is -0.469 e. The lowest BCUT2D eigenvalue weighted by atomic mass is 10.1. The molecule has 150 valence electrons. The van der Waals surface area contributed by atoms with Crippen LogP contribution < -0.4 is 10.3 Å². The Bertz CT molecular complexity index is 1120. The van der Waals surface area contributed by atoms with Crippen LogP contribution in [0.1, 0.15) is 35.6 Å². The lowest BCUT2D eigenvalue weighted by Crippen LogP contribution is -2.24. The molecular formula is C24H22N4O2. The number of hydrogen-bond acceptors (Lipinski definition) is 5. The van der Waals surface area contributed by atoms with Crippen LogP contribution in [-0.2, 0) is 13.2 Å². The van der Waals surface area contributed by atoms with Gasteiger partial charge in [0.1, 0.15) is 12.4 Å². The number of benzene rings is 1. The molecule has 2 aromatic heterocycles. The summed E-state index contributed by atoms with van der Waals surface area (Å²) < 4.78 is 7.18. The van der Waals surface area contributed by atoms with Gasteiger partial charge in [0.05, 0.1) is 12.6 Å². The standard InChI is InChI=1S/C22H20N4O2.C2H2/c1-16-25-21(28-15-20-23-11-2-12-24-20)13-22(27)26(16)14-19-9-7-18(8-10-19)6-5-17-3-4-17;1-2/h2,7-13,17H,3-4,14-15H2,1H3;1-2H. The van der Waals surface area contributed by atoms with Gasteiger partial charge in [0.2, 0.25) is 5.88 Å². The Balaban J connectivity index is 0.00000124. The summed E-state index contributed by atoms with van der Waals surface area (Å²) in [5, 5.41) is 0. The summed E-state index contributed by atoms with van der Waals surface area (Å²) in [5.41, 5.74) is 1.87. The summed E-state index contributed by atoms with van der Waals surface area (Å²) in [5.74, 6) is 8.44. The maximum absolute atomic E-state index is 12.5. The second kappa shape index (κ2) is 10.0. The Hall–Kier alpha value is -3.90. The maximum Gasteiger partial charge on any atom is 0.257 e. The molecule has 0 amide bonds. The predicted molar refractivity (Wildman–Crippen MR) is 115 cm³/mol. The summed E-state index contributed by atoms with van der Waals surface area (Å²) in [4.78, 5) is 25.1. The highest BCUT2D eigenvalue weighted by Crippen LogP contribution is 2.27. The molecule has 4 rings (SSSR count). The summed E-state index contributed by atoms with van der Waals surface area (Å²) >= 11 is 0. The zero-order chi connectivity index (χ0) is 21.3. The van der Waals surface area contributed by atoms with Crippen LogP contribution in [0.25, 0.3) is 0 Å². The van der Waals surface area contributed by atoms with Gasteiger partial charge < -0.3 is 4.74 Å². The van der Waals surface area contributed by atoms with Crippen molar-refractivity contribution in [2.75, 3.05) is 0 Å². The van der Waals surface area contributed by atoms with Crippen molar-refractivity contribution in [2.24, 2.45) is 5.92 Å². The quantitative estimate of drug-likeness (QED) is 0.618. The van der Waals surface area contributed by atoms with Crippen LogP contribution in [-0.4, -0.2) is 19.5 Å². The first-order chi connectivity index (χ1) is 14.7. The zero-order valence-corrected chi connectivity index (χ0v) is 16.8. The van der Waals surface area contributed by atoms with E-state index in [0.717, 1.165) is 11.1 Å². The molecule has 2 heterocycles. The molecule has 1 saturated carbocycles. The van der Waals surface area contributed by atoms with E-state index in [2.05, 4.69) is 39.6 Å². The monoisotopic (exact) mass is 398 g/mol. The highest BCUT2D eigenvalue weighted by atomic mass is 16.5. The van der Waals surface area contributed by atoms with Crippen LogP contribution in [0.2, 0.25) is 0 Å². The maximum atomic E-state index is 12.5. The molecule has 1 aromatic carbocycles. The van der Waals surface area contributed by atoms with Crippen molar-refractivity contribution in [1.29, 1.82) is 0 Å². The molecule has 6 heteroatoms. The smallest absolute Gasteiger partial charge is 0.257 e. The van der Waals surface area contributed by atoms with Gasteiger partial charge in [0.15, 0.2) is 5.82 Å². The highest BCUT2D eigenvalue weighted by molar-refractivity contribution is 5.37. The number of aromatic nitrogens is 4. The van der Waals surface area contributed by atoms with Gasteiger partial charge in [-0.3, -0.25) is 9.36 Å². The Kier molecular flexibility index (Phi) is 6.97. The van der Waals surface area contributed by atoms with Gasteiger partial charge in [-0.15, -0.1) is 12.8 Å². The van der Waals surface area contributed by atoms with E-state index in [4.69, 9.17) is 4.74 Å². The lowest BCUT2D eigenvalue weighted by molar-refractivity contribution is 0.281. The normalized spacial score (nSPS) is 12.1. The number of nitrogens with zero attached hydrogens (tertiary/aromatic N) is 4. The van der Waals surface area contributed by atoms with E-state index in [1.807, 2.05) is 24.3 Å². The van der Waals surface area contributed by atoms with Crippen LogP contribution in [0.5, 0.6) is 5.88 Å². The molecule has 3 aromatic rings. The van der Waals surface area contributed by atoms with Gasteiger partial charge in [0, 0.05) is 23.9 Å². The van der Waals surface area contributed by atoms with Crippen molar-refractivity contribution in [3.8, 4) is 30.6 Å². The molecule has 0 N–H and O–H groups in total. The van der Waals surface area contributed by atoms with E-state index in [9.17, 15) is 4.79 Å². The third-order valence-electron chi connectivity index (χ3n) is 4.44. The molecule has 0 aliphatic heterocycles. The Labute approximate surface area is 176 Å². The van der Waals surface area contributed by atoms with Crippen LogP contribution in [0.4, 0.5) is 0 Å². The molecular weight excluding hydrogens is 376 g/mol. The molecule has 0 atom stereocenters. The van der Waals surface area contributed by atoms with E-state index in [-0.39, 0.29) is 18.0 Å². The van der Waals surface area contributed by atoms with Crippen LogP contribution in [0.15, 0.2) is 53.6 Å². The van der Waals surface area contributed by atoms with E-state index >= 15 is 0 Å². The average molecular weight is 398 g/mol. The minimum absolute atomic E-state index is 0.158. The van der Waals surface area contributed by atoms with Crippen LogP contribution in [0.3, 0.4) is 0 Å². The van der Waals surface area contributed by atoms with Crippen LogP contribution >= 0.6 is 0 Å². The highest BCUT2D eigenvalue weighted by Gasteiger charge is 2.17. The molecule has 1 aliphatic rings. The number of terminal acetylenes is 1. The topological polar surface area (TPSA) is 69.9 Å². The molecule has 1 aliphatic carbocycles. The summed E-state index contributed by atoms with van der Waals surface area (Å²) in [7, 11) is 0. The summed E-state index contributed by atoms with van der Waals surface area (Å²) in [6.07, 6.45) is 13.7. The Morgan fingerprint density at radius 3 is 2.50 bits per heavy atom. The van der Waals surface area contributed by atoms with Crippen molar-refractivity contribution < 1.29 is 4.74 Å². The van der Waals surface area contributed by atoms with Gasteiger partial charge in [-0.05, 0) is 43.5 Å². The Morgan fingerprint density at radius 2 is 1.87 bits per heavy atom. The predicted octanol–water partition coefficient (Wildman–Crippen LogP) is 2.98. The molecule has 6 nitrogen and oxygen atoms in total. The first kappa shape index (κ1) is 20.8. The molecule has 0 unspecified atom stereocenters. The SMILES string of the molecule is C#C.Cc1nc(OCc2ncccn2)cc(=O)n1Cc1ccc(C#CC2CC2)cc1. The number of aryl methyl sites for hydroxylation is 1. The third-order valence-corrected chi connectivity index (χ3v) is 4.44. The molecule has 1 fully saturated rings. The van der Waals surface area contributed by atoms with Gasteiger partial charge in [0.25, 0.3) is 5.56 Å². The average Bonchev–Trinajstić information content (AvgIpc) is 3.61. The molecule has 0 spiro atoms. The lowest BCUT2D eigenvalue weighted by Gasteiger charge is -2.11. The van der Waals surface area contributed by atoms with Crippen molar-refractivity contribution in [1.82, 2.24) is 19.5 Å². The fourth-order valence-electron chi connectivity index (χ4n) is 2.69. The second-order valence-electron chi connectivity index (χ2n) is 6.76. The summed E-state index contributed by atoms with van der Waals surface area (Å²) in [6.45, 7) is 2.42. The van der Waals surface area contributed by atoms with Crippen molar-refractivity contribution >= 4 is 0 Å². The fourth-order valence-corrected chi connectivity index (χ4v) is 2.69. The third kappa shape index (κ3) is 5.80. The number of hydrogen-bond donors (Lipinski definition) is 0. The van der Waals surface area contributed by atoms with E-state index in [1.54, 1.807) is 30.0 Å². The first-order valence-electron chi connectivity index (χ1n) is 9.58. The molecule has 0 radical (unpaired) electrons. The molecule has 30 heavy (non-hydrogen) atoms. The largest absolute Gasteiger partial charge is 0.469 e. The van der Waals surface area contributed by atoms with Crippen LogP contribution in [0, 0.1) is 37.5 Å². The number of ether oxygens (including phenoxy) is 1. The van der Waals surface area contributed by atoms with E-state index in [1.165, 1.54) is 18.9 Å². The fraction of sp³-hybridized carbons (Fsp3) is 0.250. The van der Waals surface area contributed by atoms with Gasteiger partial charge in [-0.25, -0.2) is 15.0 Å². The molecule has 0 bridgehead atoms. The zero-order valence-electron chi connectivity index (χ0n) is 16.8. The van der Waals surface area contributed by atoms with Gasteiger partial charge >= 0.3 is 0 Å². The second-order valence-corrected chi connectivity index (χ2v) is 6.76. The van der Waals surface area contributed by atoms with E-state index in [0.29, 0.717) is 24.1 Å². The van der Waals surface area contributed by atoms with E-state index < -0.39 is 0 Å². The van der Waals surface area contributed by atoms with Gasteiger partial charge in [-0.1, -0.05) is 24.0 Å². The van der Waals surface area contributed by atoms with Crippen molar-refractivity contribution in [2.45, 2.75) is 32.9 Å².